The van der Waals surface area contributed by atoms with E-state index in [0.717, 1.165) is 25.9 Å². The summed E-state index contributed by atoms with van der Waals surface area (Å²) in [6.07, 6.45) is 1.78. The molecule has 0 spiro atoms. The highest BCUT2D eigenvalue weighted by atomic mass is 16.3. The molecule has 0 radical (unpaired) electrons. The normalized spacial score (nSPS) is 31.8. The highest BCUT2D eigenvalue weighted by Crippen LogP contribution is 2.57. The molecule has 0 unspecified atom stereocenters. The van der Waals surface area contributed by atoms with Crippen LogP contribution in [0.3, 0.4) is 0 Å². The van der Waals surface area contributed by atoms with Gasteiger partial charge in [-0.2, -0.15) is 0 Å². The van der Waals surface area contributed by atoms with Crippen molar-refractivity contribution in [2.24, 2.45) is 11.8 Å². The van der Waals surface area contributed by atoms with E-state index in [4.69, 9.17) is 10.8 Å². The molecule has 13 heteroatoms. The first kappa shape index (κ1) is 29.2. The molecule has 1 amide bonds. The quantitative estimate of drug-likeness (QED) is 0.219. The Balaban J connectivity index is 0.00000181. The minimum Gasteiger partial charge on any atom is -0.508 e. The number of carbonyl (C=O) groups is 3. The van der Waals surface area contributed by atoms with Crippen molar-refractivity contribution < 1.29 is 39.9 Å². The first-order valence-electron chi connectivity index (χ1n) is 12.9. The minimum atomic E-state index is -2.72. The van der Waals surface area contributed by atoms with Crippen molar-refractivity contribution >= 4 is 23.2 Å². The van der Waals surface area contributed by atoms with Gasteiger partial charge in [0.05, 0.1) is 23.9 Å². The zero-order chi connectivity index (χ0) is 29.7. The number of aromatic hydroxyl groups is 1. The van der Waals surface area contributed by atoms with Crippen molar-refractivity contribution in [3.8, 4) is 5.75 Å². The average Bonchev–Trinajstić information content (AvgIpc) is 3.43. The van der Waals surface area contributed by atoms with Crippen molar-refractivity contribution in [3.63, 3.8) is 0 Å². The Morgan fingerprint density at radius 2 is 1.75 bits per heavy atom. The Morgan fingerprint density at radius 3 is 2.35 bits per heavy atom. The van der Waals surface area contributed by atoms with E-state index in [1.54, 1.807) is 14.1 Å². The summed E-state index contributed by atoms with van der Waals surface area (Å²) in [5.74, 6) is -7.17. The van der Waals surface area contributed by atoms with Crippen LogP contribution < -0.4 is 5.32 Å². The molecule has 6 N–H and O–H groups in total. The summed E-state index contributed by atoms with van der Waals surface area (Å²) in [5, 5.41) is 71.0. The Labute approximate surface area is 230 Å². The first-order chi connectivity index (χ1) is 18.8. The van der Waals surface area contributed by atoms with Crippen LogP contribution in [0.15, 0.2) is 35.1 Å². The largest absolute Gasteiger partial charge is 0.508 e. The summed E-state index contributed by atoms with van der Waals surface area (Å²) in [6.45, 7) is 3.11. The van der Waals surface area contributed by atoms with Crippen molar-refractivity contribution in [2.75, 3.05) is 33.9 Å². The van der Waals surface area contributed by atoms with E-state index in [1.807, 2.05) is 4.90 Å². The second-order valence-corrected chi connectivity index (χ2v) is 11.1. The van der Waals surface area contributed by atoms with Gasteiger partial charge in [-0.3, -0.25) is 24.2 Å². The summed E-state index contributed by atoms with van der Waals surface area (Å²) in [5.41, 5.74) is -5.54. The van der Waals surface area contributed by atoms with Crippen LogP contribution in [0.25, 0.3) is 5.76 Å². The molecule has 5 rings (SSSR count). The molecule has 1 aromatic carbocycles. The molecule has 13 nitrogen and oxygen atoms in total. The molecule has 1 saturated heterocycles. The number of carbonyl (C=O) groups excluding carboxylic acids is 3. The number of nitrogens with one attached hydrogen (secondary N) is 1. The van der Waals surface area contributed by atoms with Crippen LogP contribution in [-0.2, 0) is 20.0 Å². The Bertz CT molecular complexity index is 1340. The van der Waals surface area contributed by atoms with Crippen LogP contribution in [0.1, 0.15) is 37.3 Å². The Kier molecular flexibility index (Phi) is 7.50. The molecule has 4 aliphatic rings. The molecule has 0 bridgehead atoms. The van der Waals surface area contributed by atoms with Crippen molar-refractivity contribution in [1.82, 2.24) is 15.1 Å². The standard InChI is InChI=1S/C27H33N3O8.N2/c1-26(37)13-7-6-8-16(31)17(13)21(32)18-14(26)11-15-20(29(2)3)22(33)19(24(35)27(15,38)23(18)34)25(36)28-12-30-9-4-5-10-30;1-2/h6-8,14-15,20,31-32,35,37-38H,4-5,9-12H2,1-3H3,(H,28,36);/t14-,15+,20-,26+,27-;/m0./s1. The fourth-order valence-corrected chi connectivity index (χ4v) is 6.70. The van der Waals surface area contributed by atoms with E-state index in [0.29, 0.717) is 0 Å². The monoisotopic (exact) mass is 555 g/mol. The molecule has 1 saturated carbocycles. The van der Waals surface area contributed by atoms with E-state index >= 15 is 0 Å². The number of aliphatic hydroxyl groups excluding tert-OH is 2. The van der Waals surface area contributed by atoms with E-state index in [9.17, 15) is 39.9 Å². The molecule has 5 atom stereocenters. The second kappa shape index (κ2) is 10.3. The molecule has 214 valence electrons. The number of fused-ring (bicyclic) bond motifs is 3. The lowest BCUT2D eigenvalue weighted by molar-refractivity contribution is -0.159. The Morgan fingerprint density at radius 1 is 1.12 bits per heavy atom. The van der Waals surface area contributed by atoms with E-state index in [-0.39, 0.29) is 35.5 Å². The Hall–Kier alpha value is -3.83. The third-order valence-corrected chi connectivity index (χ3v) is 8.66. The lowest BCUT2D eigenvalue weighted by Crippen LogP contribution is -2.67. The smallest absolute Gasteiger partial charge is 0.259 e. The fourth-order valence-electron chi connectivity index (χ4n) is 6.70. The molecule has 1 aromatic rings. The van der Waals surface area contributed by atoms with Crippen LogP contribution in [-0.4, -0.2) is 98.3 Å². The fraction of sp³-hybridized carbons (Fsp3) is 0.519. The van der Waals surface area contributed by atoms with Gasteiger partial charge >= 0.3 is 0 Å². The van der Waals surface area contributed by atoms with Gasteiger partial charge in [0.2, 0.25) is 5.78 Å². The van der Waals surface area contributed by atoms with Crippen LogP contribution in [0.2, 0.25) is 0 Å². The van der Waals surface area contributed by atoms with Crippen molar-refractivity contribution in [2.45, 2.75) is 43.4 Å². The summed E-state index contributed by atoms with van der Waals surface area (Å²) < 4.78 is 0. The van der Waals surface area contributed by atoms with Crippen LogP contribution in [0, 0.1) is 22.6 Å². The minimum absolute atomic E-state index is 0.137. The number of hydrogen-bond acceptors (Lipinski definition) is 12. The highest BCUT2D eigenvalue weighted by molar-refractivity contribution is 6.25. The van der Waals surface area contributed by atoms with Gasteiger partial charge in [-0.05, 0) is 65.0 Å². The summed E-state index contributed by atoms with van der Waals surface area (Å²) >= 11 is 0. The van der Waals surface area contributed by atoms with Crippen LogP contribution >= 0.6 is 0 Å². The van der Waals surface area contributed by atoms with Gasteiger partial charge < -0.3 is 30.8 Å². The van der Waals surface area contributed by atoms with Gasteiger partial charge in [0, 0.05) is 28.2 Å². The number of rotatable bonds is 4. The number of likely N-dealkylation sites (tertiary alicyclic amines) is 1. The number of ketones is 2. The van der Waals surface area contributed by atoms with Crippen molar-refractivity contribution in [3.05, 3.63) is 46.2 Å². The maximum absolute atomic E-state index is 14.0. The molecule has 1 aliphatic heterocycles. The summed E-state index contributed by atoms with van der Waals surface area (Å²) in [4.78, 5) is 44.3. The number of amides is 1. The second-order valence-electron chi connectivity index (χ2n) is 11.1. The van der Waals surface area contributed by atoms with Gasteiger partial charge in [0.15, 0.2) is 11.4 Å². The molecule has 2 fully saturated rings. The third-order valence-electron chi connectivity index (χ3n) is 8.66. The average molecular weight is 556 g/mol. The maximum Gasteiger partial charge on any atom is 0.259 e. The molecule has 3 aliphatic carbocycles. The molecule has 1 heterocycles. The predicted octanol–water partition coefficient (Wildman–Crippen LogP) is 0.343. The first-order valence-corrected chi connectivity index (χ1v) is 12.9. The number of hydrogen-bond donors (Lipinski definition) is 6. The summed E-state index contributed by atoms with van der Waals surface area (Å²) in [6, 6.07) is 3.12. The summed E-state index contributed by atoms with van der Waals surface area (Å²) in [7, 11) is 3.12. The number of phenols is 1. The van der Waals surface area contributed by atoms with Gasteiger partial charge in [0.1, 0.15) is 22.8 Å². The lowest BCUT2D eigenvalue weighted by Gasteiger charge is -2.53. The van der Waals surface area contributed by atoms with Crippen LogP contribution in [0.5, 0.6) is 5.75 Å². The molecular weight excluding hydrogens is 522 g/mol. The number of phenolic OH excluding ortho intramolecular Hbond substituents is 1. The molecular formula is C27H33N5O8. The third kappa shape index (κ3) is 4.06. The van der Waals surface area contributed by atoms with E-state index in [2.05, 4.69) is 5.32 Å². The maximum atomic E-state index is 14.0. The van der Waals surface area contributed by atoms with Crippen molar-refractivity contribution in [1.29, 1.82) is 10.8 Å². The molecule has 0 aromatic heterocycles. The van der Waals surface area contributed by atoms with Gasteiger partial charge in [-0.25, -0.2) is 0 Å². The number of aliphatic hydroxyl groups is 4. The number of nitrogens with zero attached hydrogens (tertiary/aromatic N) is 4. The predicted molar refractivity (Wildman–Crippen MR) is 138 cm³/mol. The van der Waals surface area contributed by atoms with Crippen LogP contribution in [0.4, 0.5) is 0 Å². The SMILES string of the molecule is CN(C)[C@@H]1C(=O)C(C(=O)NCN2CCCC2)=C(O)[C@@]2(O)C(=O)C3=C(O)c4c(O)cccc4[C@@](C)(O)[C@H]3C[C@H]12.N#N. The lowest BCUT2D eigenvalue weighted by atomic mass is 9.54. The number of likely N-dealkylation sites (N-methyl/N-ethyl adjacent to an activating group) is 1. The number of benzene rings is 1. The number of Topliss-reactive ketones (excluding diaryl/α,β-unsaturated/α-hetero) is 2. The topological polar surface area (TPSA) is 218 Å². The molecule has 40 heavy (non-hydrogen) atoms. The van der Waals surface area contributed by atoms with E-state index < -0.39 is 63.6 Å². The van der Waals surface area contributed by atoms with Gasteiger partial charge in [-0.1, -0.05) is 12.1 Å². The van der Waals surface area contributed by atoms with Gasteiger partial charge in [0.25, 0.3) is 5.91 Å². The zero-order valence-corrected chi connectivity index (χ0v) is 22.5. The zero-order valence-electron chi connectivity index (χ0n) is 22.5. The highest BCUT2D eigenvalue weighted by Gasteiger charge is 2.66. The van der Waals surface area contributed by atoms with E-state index in [1.165, 1.54) is 30.0 Å². The van der Waals surface area contributed by atoms with Gasteiger partial charge in [-0.15, -0.1) is 0 Å².